The average Bonchev–Trinajstić information content (AvgIpc) is 3.02. The first-order valence-electron chi connectivity index (χ1n) is 9.29. The second-order valence-corrected chi connectivity index (χ2v) is 6.50. The van der Waals surface area contributed by atoms with E-state index in [-0.39, 0.29) is 0 Å². The third-order valence-electron chi connectivity index (χ3n) is 5.09. The summed E-state index contributed by atoms with van der Waals surface area (Å²) in [6, 6.07) is 21.6. The van der Waals surface area contributed by atoms with E-state index in [4.69, 9.17) is 0 Å². The van der Waals surface area contributed by atoms with Gasteiger partial charge in [-0.15, -0.1) is 0 Å². The summed E-state index contributed by atoms with van der Waals surface area (Å²) in [7, 11) is 2.16. The molecule has 0 fully saturated rings. The van der Waals surface area contributed by atoms with Crippen LogP contribution < -0.4 is 4.90 Å². The number of fused-ring (bicyclic) bond motifs is 6. The van der Waals surface area contributed by atoms with Crippen molar-refractivity contribution >= 4 is 44.8 Å². The number of H-pyrrole nitrogens is 1. The van der Waals surface area contributed by atoms with Crippen molar-refractivity contribution in [2.75, 3.05) is 11.9 Å². The molecule has 2 heterocycles. The first-order valence-corrected chi connectivity index (χ1v) is 9.29. The van der Waals surface area contributed by atoms with Gasteiger partial charge in [0, 0.05) is 34.6 Å². The molecule has 2 heteroatoms. The molecular weight excluding hydrogens is 316 g/mol. The quantitative estimate of drug-likeness (QED) is 0.365. The van der Waals surface area contributed by atoms with Crippen molar-refractivity contribution in [3.63, 3.8) is 0 Å². The van der Waals surface area contributed by atoms with Crippen LogP contribution in [-0.2, 0) is 0 Å². The fraction of sp³-hybridized carbons (Fsp3) is 0.167. The Balaban J connectivity index is 0.000000814. The van der Waals surface area contributed by atoms with Gasteiger partial charge in [0.15, 0.2) is 0 Å². The van der Waals surface area contributed by atoms with E-state index in [9.17, 15) is 0 Å². The van der Waals surface area contributed by atoms with Crippen molar-refractivity contribution in [2.45, 2.75) is 20.8 Å². The Morgan fingerprint density at radius 2 is 1.54 bits per heavy atom. The zero-order valence-electron chi connectivity index (χ0n) is 15.8. The molecule has 2 nitrogen and oxygen atoms in total. The fourth-order valence-electron chi connectivity index (χ4n) is 3.92. The maximum atomic E-state index is 3.65. The summed E-state index contributed by atoms with van der Waals surface area (Å²) in [5.41, 5.74) is 8.73. The number of allylic oxidation sites excluding steroid dienone is 1. The van der Waals surface area contributed by atoms with Gasteiger partial charge in [-0.25, -0.2) is 0 Å². The summed E-state index contributed by atoms with van der Waals surface area (Å²) in [5, 5.41) is 2.56. The molecule has 1 aromatic heterocycles. The van der Waals surface area contributed by atoms with Crippen LogP contribution in [0.2, 0.25) is 0 Å². The number of aromatic nitrogens is 1. The van der Waals surface area contributed by atoms with Gasteiger partial charge < -0.3 is 9.88 Å². The lowest BCUT2D eigenvalue weighted by atomic mass is 10.0. The number of benzene rings is 3. The monoisotopic (exact) mass is 340 g/mol. The second kappa shape index (κ2) is 6.38. The number of anilines is 2. The minimum atomic E-state index is 1.19. The molecule has 1 aliphatic heterocycles. The molecule has 0 amide bonds. The Morgan fingerprint density at radius 1 is 0.808 bits per heavy atom. The lowest BCUT2D eigenvalue weighted by Crippen LogP contribution is -2.12. The van der Waals surface area contributed by atoms with E-state index < -0.39 is 0 Å². The molecule has 1 aliphatic rings. The van der Waals surface area contributed by atoms with Gasteiger partial charge in [0.25, 0.3) is 0 Å². The molecule has 0 aliphatic carbocycles. The average molecular weight is 340 g/mol. The Kier molecular flexibility index (Phi) is 4.04. The first-order chi connectivity index (χ1) is 12.7. The summed E-state index contributed by atoms with van der Waals surface area (Å²) in [6.07, 6.45) is 2.28. The van der Waals surface area contributed by atoms with E-state index in [0.29, 0.717) is 0 Å². The number of hydrogen-bond donors (Lipinski definition) is 1. The third kappa shape index (κ3) is 2.33. The van der Waals surface area contributed by atoms with Crippen LogP contribution in [0.5, 0.6) is 0 Å². The molecule has 130 valence electrons. The summed E-state index contributed by atoms with van der Waals surface area (Å²) in [5.74, 6) is 0. The molecule has 0 atom stereocenters. The molecule has 0 saturated heterocycles. The largest absolute Gasteiger partial charge is 0.353 e. The van der Waals surface area contributed by atoms with E-state index in [2.05, 4.69) is 90.6 Å². The number of hydrogen-bond acceptors (Lipinski definition) is 1. The molecule has 5 rings (SSSR count). The lowest BCUT2D eigenvalue weighted by molar-refractivity contribution is 1.21. The smallest absolute Gasteiger partial charge is 0.0730 e. The molecule has 0 saturated carbocycles. The summed E-state index contributed by atoms with van der Waals surface area (Å²) in [4.78, 5) is 5.96. The van der Waals surface area contributed by atoms with Crippen molar-refractivity contribution in [1.82, 2.24) is 4.98 Å². The van der Waals surface area contributed by atoms with Gasteiger partial charge in [-0.05, 0) is 36.3 Å². The van der Waals surface area contributed by atoms with Crippen molar-refractivity contribution in [2.24, 2.45) is 0 Å². The molecule has 0 radical (unpaired) electrons. The second-order valence-electron chi connectivity index (χ2n) is 6.50. The van der Waals surface area contributed by atoms with Crippen LogP contribution in [0.4, 0.5) is 11.4 Å². The lowest BCUT2D eigenvalue weighted by Gasteiger charge is -2.23. The van der Waals surface area contributed by atoms with Crippen molar-refractivity contribution in [3.8, 4) is 0 Å². The normalized spacial score (nSPS) is 12.8. The highest BCUT2D eigenvalue weighted by Crippen LogP contribution is 2.43. The maximum absolute atomic E-state index is 3.65. The van der Waals surface area contributed by atoms with Crippen LogP contribution in [0.25, 0.3) is 33.5 Å². The van der Waals surface area contributed by atoms with E-state index in [1.165, 1.54) is 49.9 Å². The van der Waals surface area contributed by atoms with Crippen LogP contribution in [0.15, 0.2) is 60.7 Å². The zero-order chi connectivity index (χ0) is 18.3. The van der Waals surface area contributed by atoms with E-state index in [0.717, 1.165) is 0 Å². The predicted octanol–water partition coefficient (Wildman–Crippen LogP) is 6.99. The van der Waals surface area contributed by atoms with Crippen LogP contribution in [0.1, 0.15) is 31.9 Å². The molecule has 26 heavy (non-hydrogen) atoms. The number of nitrogens with one attached hydrogen (secondary N) is 1. The number of para-hydroxylation sites is 2. The van der Waals surface area contributed by atoms with Gasteiger partial charge in [-0.3, -0.25) is 0 Å². The van der Waals surface area contributed by atoms with Crippen LogP contribution in [0.3, 0.4) is 0 Å². The molecule has 1 N–H and O–H groups in total. The van der Waals surface area contributed by atoms with Crippen LogP contribution in [-0.4, -0.2) is 12.0 Å². The molecular formula is C24H24N2. The fourth-order valence-corrected chi connectivity index (χ4v) is 3.92. The minimum absolute atomic E-state index is 1.19. The Bertz CT molecular complexity index is 1130. The molecule has 4 aromatic rings. The minimum Gasteiger partial charge on any atom is -0.353 e. The topological polar surface area (TPSA) is 19.0 Å². The summed E-state index contributed by atoms with van der Waals surface area (Å²) < 4.78 is 0. The van der Waals surface area contributed by atoms with Gasteiger partial charge >= 0.3 is 0 Å². The summed E-state index contributed by atoms with van der Waals surface area (Å²) in [6.45, 7) is 6.20. The molecule has 0 unspecified atom stereocenters. The molecule has 3 aromatic carbocycles. The number of aromatic amines is 1. The van der Waals surface area contributed by atoms with Crippen molar-refractivity contribution < 1.29 is 0 Å². The molecule has 0 bridgehead atoms. The summed E-state index contributed by atoms with van der Waals surface area (Å²) >= 11 is 0. The van der Waals surface area contributed by atoms with Gasteiger partial charge in [-0.2, -0.15) is 0 Å². The van der Waals surface area contributed by atoms with Gasteiger partial charge in [-0.1, -0.05) is 62.4 Å². The van der Waals surface area contributed by atoms with Crippen molar-refractivity contribution in [3.05, 3.63) is 71.8 Å². The Morgan fingerprint density at radius 3 is 2.38 bits per heavy atom. The van der Waals surface area contributed by atoms with Gasteiger partial charge in [0.05, 0.1) is 11.2 Å². The van der Waals surface area contributed by atoms with Crippen LogP contribution in [0, 0.1) is 0 Å². The van der Waals surface area contributed by atoms with E-state index in [1.54, 1.807) is 0 Å². The van der Waals surface area contributed by atoms with E-state index in [1.807, 2.05) is 13.8 Å². The predicted molar refractivity (Wildman–Crippen MR) is 115 cm³/mol. The standard InChI is InChI=1S/C22H18N2.C2H6/c1-14-13-15-7-3-6-10-20(15)24(2)22-16(14)11-12-18-17-8-4-5-9-19(17)23-21(18)22;1-2/h3-13,23H,1-2H3;1-2H3. The van der Waals surface area contributed by atoms with Crippen molar-refractivity contribution in [1.29, 1.82) is 0 Å². The van der Waals surface area contributed by atoms with Gasteiger partial charge in [0.1, 0.15) is 0 Å². The van der Waals surface area contributed by atoms with Gasteiger partial charge in [0.2, 0.25) is 0 Å². The SMILES string of the molecule is CC.CC1=Cc2ccccc2N(C)c2c1ccc1c2[nH]c2ccccc21. The number of rotatable bonds is 0. The highest BCUT2D eigenvalue weighted by molar-refractivity contribution is 6.14. The maximum Gasteiger partial charge on any atom is 0.0730 e. The first kappa shape index (κ1) is 16.5. The highest BCUT2D eigenvalue weighted by Gasteiger charge is 2.21. The Hall–Kier alpha value is -3.00. The molecule has 0 spiro atoms. The highest BCUT2D eigenvalue weighted by atomic mass is 15.1. The van der Waals surface area contributed by atoms with E-state index >= 15 is 0 Å². The third-order valence-corrected chi connectivity index (χ3v) is 5.09. The Labute approximate surface area is 154 Å². The zero-order valence-corrected chi connectivity index (χ0v) is 15.8. The number of nitrogens with zero attached hydrogens (tertiary/aromatic N) is 1. The van der Waals surface area contributed by atoms with Crippen LogP contribution >= 0.6 is 0 Å².